The first-order chi connectivity index (χ1) is 7.87. The lowest BCUT2D eigenvalue weighted by molar-refractivity contribution is -0.274. The molecule has 3 nitrogen and oxygen atoms in total. The number of aryl methyl sites for hydroxylation is 1. The van der Waals surface area contributed by atoms with Crippen molar-refractivity contribution in [1.29, 1.82) is 5.26 Å². The first-order valence-corrected chi connectivity index (χ1v) is 4.55. The van der Waals surface area contributed by atoms with Gasteiger partial charge in [0, 0.05) is 17.3 Å². The number of nitrogens with zero attached hydrogens (tertiary/aromatic N) is 2. The Kier molecular flexibility index (Phi) is 3.89. The van der Waals surface area contributed by atoms with Crippen LogP contribution in [-0.4, -0.2) is 11.3 Å². The quantitative estimate of drug-likeness (QED) is 0.772. The molecule has 1 aromatic rings. The third-order valence-electron chi connectivity index (χ3n) is 1.96. The zero-order chi connectivity index (χ0) is 13.1. The molecule has 0 unspecified atom stereocenters. The van der Waals surface area contributed by atoms with Gasteiger partial charge in [-0.05, 0) is 6.92 Å². The molecule has 0 atom stereocenters. The van der Waals surface area contributed by atoms with E-state index in [0.717, 1.165) is 6.07 Å². The molecule has 0 amide bonds. The second-order valence-electron chi connectivity index (χ2n) is 3.19. The average molecular weight is 248 g/mol. The third kappa shape index (κ3) is 3.59. The molecule has 0 fully saturated rings. The van der Waals surface area contributed by atoms with E-state index in [0.29, 0.717) is 0 Å². The van der Waals surface area contributed by atoms with Crippen LogP contribution >= 0.6 is 0 Å². The van der Waals surface area contributed by atoms with Gasteiger partial charge in [0.05, 0.1) is 18.2 Å². The zero-order valence-corrected chi connectivity index (χ0v) is 8.81. The Hall–Kier alpha value is -1.84. The van der Waals surface area contributed by atoms with E-state index in [1.807, 2.05) is 0 Å². The van der Waals surface area contributed by atoms with Crippen molar-refractivity contribution in [3.63, 3.8) is 0 Å². The molecular weight excluding hydrogens is 240 g/mol. The van der Waals surface area contributed by atoms with E-state index in [9.17, 15) is 17.6 Å². The standard InChI is InChI=1S/C10H8F4N2O/c1-6-8(2-3-15)9(17-10(12,13)14)4-7(5-11)16-6/h4H,2,5H2,1H3. The van der Waals surface area contributed by atoms with Crippen molar-refractivity contribution in [3.05, 3.63) is 23.0 Å². The summed E-state index contributed by atoms with van der Waals surface area (Å²) >= 11 is 0. The minimum absolute atomic E-state index is 0.0158. The van der Waals surface area contributed by atoms with Crippen molar-refractivity contribution in [2.75, 3.05) is 0 Å². The number of halogens is 4. The molecule has 7 heteroatoms. The molecule has 0 aliphatic carbocycles. The molecular formula is C10H8F4N2O. The van der Waals surface area contributed by atoms with Crippen molar-refractivity contribution in [1.82, 2.24) is 4.98 Å². The summed E-state index contributed by atoms with van der Waals surface area (Å²) < 4.78 is 52.5. The minimum Gasteiger partial charge on any atom is -0.405 e. The third-order valence-corrected chi connectivity index (χ3v) is 1.96. The lowest BCUT2D eigenvalue weighted by Crippen LogP contribution is -2.19. The summed E-state index contributed by atoms with van der Waals surface area (Å²) in [5.74, 6) is -0.570. The first-order valence-electron chi connectivity index (χ1n) is 4.55. The van der Waals surface area contributed by atoms with Gasteiger partial charge in [0.25, 0.3) is 0 Å². The van der Waals surface area contributed by atoms with Gasteiger partial charge in [-0.3, -0.25) is 4.98 Å². The summed E-state index contributed by atoms with van der Waals surface area (Å²) in [7, 11) is 0. The van der Waals surface area contributed by atoms with E-state index in [2.05, 4.69) is 9.72 Å². The molecule has 0 saturated carbocycles. The van der Waals surface area contributed by atoms with Gasteiger partial charge in [-0.25, -0.2) is 4.39 Å². The smallest absolute Gasteiger partial charge is 0.405 e. The highest BCUT2D eigenvalue weighted by molar-refractivity contribution is 5.39. The average Bonchev–Trinajstić information content (AvgIpc) is 2.20. The summed E-state index contributed by atoms with van der Waals surface area (Å²) in [6, 6.07) is 2.56. The topological polar surface area (TPSA) is 45.9 Å². The van der Waals surface area contributed by atoms with E-state index in [4.69, 9.17) is 5.26 Å². The maximum Gasteiger partial charge on any atom is 0.573 e. The van der Waals surface area contributed by atoms with E-state index < -0.39 is 18.8 Å². The van der Waals surface area contributed by atoms with Gasteiger partial charge in [-0.2, -0.15) is 5.26 Å². The van der Waals surface area contributed by atoms with Crippen LogP contribution < -0.4 is 4.74 Å². The molecule has 0 aromatic carbocycles. The van der Waals surface area contributed by atoms with Crippen LogP contribution in [0, 0.1) is 18.3 Å². The Morgan fingerprint density at radius 3 is 2.59 bits per heavy atom. The summed E-state index contributed by atoms with van der Waals surface area (Å²) in [6.45, 7) is 0.400. The van der Waals surface area contributed by atoms with Crippen LogP contribution in [0.1, 0.15) is 17.0 Å². The van der Waals surface area contributed by atoms with Crippen LogP contribution in [-0.2, 0) is 13.1 Å². The van der Waals surface area contributed by atoms with Crippen molar-refractivity contribution in [2.24, 2.45) is 0 Å². The summed E-state index contributed by atoms with van der Waals surface area (Å²) in [6.07, 6.45) is -5.16. The van der Waals surface area contributed by atoms with Gasteiger partial charge < -0.3 is 4.74 Å². The van der Waals surface area contributed by atoms with Crippen LogP contribution in [0.5, 0.6) is 5.75 Å². The van der Waals surface area contributed by atoms with Crippen molar-refractivity contribution < 1.29 is 22.3 Å². The molecule has 17 heavy (non-hydrogen) atoms. The second kappa shape index (κ2) is 4.99. The number of pyridine rings is 1. The maximum absolute atomic E-state index is 12.4. The Balaban J connectivity index is 3.23. The normalized spacial score (nSPS) is 11.1. The van der Waals surface area contributed by atoms with Crippen LogP contribution in [0.2, 0.25) is 0 Å². The van der Waals surface area contributed by atoms with Crippen LogP contribution in [0.3, 0.4) is 0 Å². The minimum atomic E-state index is -4.88. The second-order valence-corrected chi connectivity index (χ2v) is 3.19. The Morgan fingerprint density at radius 2 is 2.12 bits per heavy atom. The number of hydrogen-bond acceptors (Lipinski definition) is 3. The highest BCUT2D eigenvalue weighted by Crippen LogP contribution is 2.29. The van der Waals surface area contributed by atoms with E-state index >= 15 is 0 Å². The van der Waals surface area contributed by atoms with Gasteiger partial charge in [0.2, 0.25) is 0 Å². The number of rotatable bonds is 3. The van der Waals surface area contributed by atoms with Crippen LogP contribution in [0.15, 0.2) is 6.07 Å². The van der Waals surface area contributed by atoms with E-state index in [1.54, 1.807) is 6.07 Å². The fourth-order valence-electron chi connectivity index (χ4n) is 1.31. The van der Waals surface area contributed by atoms with Gasteiger partial charge in [-0.1, -0.05) is 0 Å². The van der Waals surface area contributed by atoms with E-state index in [-0.39, 0.29) is 23.4 Å². The highest BCUT2D eigenvalue weighted by atomic mass is 19.4. The Morgan fingerprint density at radius 1 is 1.47 bits per heavy atom. The van der Waals surface area contributed by atoms with Gasteiger partial charge in [0.1, 0.15) is 12.4 Å². The molecule has 0 spiro atoms. The monoisotopic (exact) mass is 248 g/mol. The van der Waals surface area contributed by atoms with Crippen LogP contribution in [0.25, 0.3) is 0 Å². The molecule has 0 bridgehead atoms. The van der Waals surface area contributed by atoms with Crippen molar-refractivity contribution in [2.45, 2.75) is 26.4 Å². The molecule has 92 valence electrons. The molecule has 1 heterocycles. The number of hydrogen-bond donors (Lipinski definition) is 0. The van der Waals surface area contributed by atoms with Gasteiger partial charge >= 0.3 is 6.36 Å². The Bertz CT molecular complexity index is 451. The Labute approximate surface area is 94.6 Å². The summed E-state index contributed by atoms with van der Waals surface area (Å²) in [5, 5.41) is 8.50. The molecule has 0 N–H and O–H groups in total. The SMILES string of the molecule is Cc1nc(CF)cc(OC(F)(F)F)c1CC#N. The fraction of sp³-hybridized carbons (Fsp3) is 0.400. The zero-order valence-electron chi connectivity index (χ0n) is 8.81. The number of aromatic nitrogens is 1. The number of alkyl halides is 4. The molecule has 0 aliphatic rings. The fourth-order valence-corrected chi connectivity index (χ4v) is 1.31. The predicted octanol–water partition coefficient (Wildman–Crippen LogP) is 2.82. The summed E-state index contributed by atoms with van der Waals surface area (Å²) in [5.41, 5.74) is 0.00594. The van der Waals surface area contributed by atoms with Crippen LogP contribution in [0.4, 0.5) is 17.6 Å². The highest BCUT2D eigenvalue weighted by Gasteiger charge is 2.32. The van der Waals surface area contributed by atoms with Gasteiger partial charge in [0.15, 0.2) is 0 Å². The molecule has 0 aliphatic heterocycles. The van der Waals surface area contributed by atoms with E-state index in [1.165, 1.54) is 6.92 Å². The first kappa shape index (κ1) is 13.2. The lowest BCUT2D eigenvalue weighted by Gasteiger charge is -2.14. The van der Waals surface area contributed by atoms with Crippen molar-refractivity contribution in [3.8, 4) is 11.8 Å². The largest absolute Gasteiger partial charge is 0.573 e. The molecule has 0 radical (unpaired) electrons. The number of nitriles is 1. The van der Waals surface area contributed by atoms with Crippen molar-refractivity contribution >= 4 is 0 Å². The van der Waals surface area contributed by atoms with Gasteiger partial charge in [-0.15, -0.1) is 13.2 Å². The summed E-state index contributed by atoms with van der Waals surface area (Å²) in [4.78, 5) is 3.73. The molecule has 1 rings (SSSR count). The predicted molar refractivity (Wildman–Crippen MR) is 49.8 cm³/mol. The number of ether oxygens (including phenoxy) is 1. The molecule has 0 saturated heterocycles. The molecule has 1 aromatic heterocycles. The maximum atomic E-state index is 12.4. The lowest BCUT2D eigenvalue weighted by atomic mass is 10.1.